The molecule has 2 aliphatic heterocycles. The molecule has 70 valence electrons. The van der Waals surface area contributed by atoms with Crippen molar-refractivity contribution in [3.05, 3.63) is 0 Å². The summed E-state index contributed by atoms with van der Waals surface area (Å²) in [5, 5.41) is 8.34. The maximum absolute atomic E-state index is 3.57. The molecule has 3 nitrogen and oxygen atoms in total. The molecule has 0 amide bonds. The summed E-state index contributed by atoms with van der Waals surface area (Å²) in [5.41, 5.74) is 0. The molecule has 0 aromatic rings. The van der Waals surface area contributed by atoms with Crippen LogP contribution in [0.15, 0.2) is 0 Å². The zero-order valence-corrected chi connectivity index (χ0v) is 8.25. The molecular formula is C9H19N3. The van der Waals surface area contributed by atoms with E-state index in [2.05, 4.69) is 36.4 Å². The van der Waals surface area contributed by atoms with Crippen LogP contribution in [0.4, 0.5) is 0 Å². The fourth-order valence-corrected chi connectivity index (χ4v) is 2.51. The Hall–Kier alpha value is -0.120. The van der Waals surface area contributed by atoms with Crippen molar-refractivity contribution in [2.75, 3.05) is 20.6 Å². The Bertz CT molecular complexity index is 171. The van der Waals surface area contributed by atoms with Crippen molar-refractivity contribution in [3.63, 3.8) is 0 Å². The summed E-state index contributed by atoms with van der Waals surface area (Å²) in [7, 11) is 4.40. The second-order valence-corrected chi connectivity index (χ2v) is 4.15. The lowest BCUT2D eigenvalue weighted by atomic mass is 9.99. The van der Waals surface area contributed by atoms with Gasteiger partial charge in [0.2, 0.25) is 0 Å². The molecule has 2 aliphatic rings. The van der Waals surface area contributed by atoms with E-state index in [4.69, 9.17) is 0 Å². The van der Waals surface area contributed by atoms with Crippen LogP contribution in [0, 0.1) is 0 Å². The number of hydrogen-bond acceptors (Lipinski definition) is 3. The zero-order valence-electron chi connectivity index (χ0n) is 8.25. The lowest BCUT2D eigenvalue weighted by Gasteiger charge is -2.45. The molecule has 0 aliphatic carbocycles. The number of fused-ring (bicyclic) bond motifs is 1. The average Bonchev–Trinajstić information content (AvgIpc) is 2.48. The molecule has 0 spiro atoms. The summed E-state index contributed by atoms with van der Waals surface area (Å²) in [6.45, 7) is 3.49. The van der Waals surface area contributed by atoms with Gasteiger partial charge in [-0.05, 0) is 26.3 Å². The van der Waals surface area contributed by atoms with Crippen LogP contribution in [0.5, 0.6) is 0 Å². The molecule has 3 atom stereocenters. The van der Waals surface area contributed by atoms with Crippen molar-refractivity contribution in [2.24, 2.45) is 0 Å². The van der Waals surface area contributed by atoms with Crippen LogP contribution in [0.2, 0.25) is 0 Å². The van der Waals surface area contributed by atoms with E-state index in [0.29, 0.717) is 6.04 Å². The van der Waals surface area contributed by atoms with Gasteiger partial charge in [-0.25, -0.2) is 10.0 Å². The molecule has 1 N–H and O–H groups in total. The number of nitrogens with one attached hydrogen (secondary N) is 1. The summed E-state index contributed by atoms with van der Waals surface area (Å²) >= 11 is 0. The summed E-state index contributed by atoms with van der Waals surface area (Å²) in [4.78, 5) is 0. The van der Waals surface area contributed by atoms with E-state index in [1.165, 1.54) is 19.4 Å². The minimum absolute atomic E-state index is 0.682. The van der Waals surface area contributed by atoms with Crippen molar-refractivity contribution in [1.82, 2.24) is 15.3 Å². The predicted octanol–water partition coefficient (Wildman–Crippen LogP) is 0.288. The van der Waals surface area contributed by atoms with Gasteiger partial charge >= 0.3 is 0 Å². The van der Waals surface area contributed by atoms with Gasteiger partial charge in [-0.1, -0.05) is 0 Å². The molecule has 2 fully saturated rings. The van der Waals surface area contributed by atoms with Crippen LogP contribution in [0.1, 0.15) is 19.8 Å². The van der Waals surface area contributed by atoms with E-state index in [1.807, 2.05) is 0 Å². The fraction of sp³-hybridized carbons (Fsp3) is 1.00. The highest BCUT2D eigenvalue weighted by atomic mass is 15.6. The molecule has 12 heavy (non-hydrogen) atoms. The Kier molecular flexibility index (Phi) is 2.10. The van der Waals surface area contributed by atoms with E-state index in [-0.39, 0.29) is 0 Å². The van der Waals surface area contributed by atoms with Crippen molar-refractivity contribution in [1.29, 1.82) is 0 Å². The third-order valence-corrected chi connectivity index (χ3v) is 3.52. The molecular weight excluding hydrogens is 150 g/mol. The summed E-state index contributed by atoms with van der Waals surface area (Å²) in [6.07, 6.45) is 2.60. The van der Waals surface area contributed by atoms with E-state index >= 15 is 0 Å². The minimum atomic E-state index is 0.682. The van der Waals surface area contributed by atoms with Crippen molar-refractivity contribution in [3.8, 4) is 0 Å². The van der Waals surface area contributed by atoms with Crippen LogP contribution in [0.25, 0.3) is 0 Å². The zero-order chi connectivity index (χ0) is 8.72. The molecule has 2 heterocycles. The highest BCUT2D eigenvalue weighted by Gasteiger charge is 2.38. The maximum Gasteiger partial charge on any atom is 0.0408 e. The van der Waals surface area contributed by atoms with Gasteiger partial charge in [-0.15, -0.1) is 0 Å². The van der Waals surface area contributed by atoms with Crippen LogP contribution in [-0.2, 0) is 0 Å². The van der Waals surface area contributed by atoms with Gasteiger partial charge in [-0.2, -0.15) is 0 Å². The van der Waals surface area contributed by atoms with Gasteiger partial charge in [0.15, 0.2) is 0 Å². The summed E-state index contributed by atoms with van der Waals surface area (Å²) in [6, 6.07) is 2.16. The highest BCUT2D eigenvalue weighted by molar-refractivity contribution is 4.94. The van der Waals surface area contributed by atoms with Crippen LogP contribution in [-0.4, -0.2) is 48.8 Å². The molecule has 0 bridgehead atoms. The second kappa shape index (κ2) is 2.98. The molecule has 0 radical (unpaired) electrons. The largest absolute Gasteiger partial charge is 0.312 e. The summed E-state index contributed by atoms with van der Waals surface area (Å²) < 4.78 is 0. The smallest absolute Gasteiger partial charge is 0.0408 e. The summed E-state index contributed by atoms with van der Waals surface area (Å²) in [5.74, 6) is 0. The third kappa shape index (κ3) is 1.16. The second-order valence-electron chi connectivity index (χ2n) is 4.15. The van der Waals surface area contributed by atoms with Gasteiger partial charge in [-0.3, -0.25) is 0 Å². The Morgan fingerprint density at radius 1 is 1.25 bits per heavy atom. The van der Waals surface area contributed by atoms with Gasteiger partial charge in [0.25, 0.3) is 0 Å². The number of hydrazine groups is 1. The first-order chi connectivity index (χ1) is 5.70. The molecule has 0 aromatic carbocycles. The van der Waals surface area contributed by atoms with Crippen molar-refractivity contribution >= 4 is 0 Å². The normalized spacial score (nSPS) is 44.8. The first-order valence-electron chi connectivity index (χ1n) is 4.89. The minimum Gasteiger partial charge on any atom is -0.312 e. The van der Waals surface area contributed by atoms with Gasteiger partial charge in [0.05, 0.1) is 0 Å². The first-order valence-corrected chi connectivity index (χ1v) is 4.89. The van der Waals surface area contributed by atoms with Gasteiger partial charge < -0.3 is 5.32 Å². The highest BCUT2D eigenvalue weighted by Crippen LogP contribution is 2.25. The third-order valence-electron chi connectivity index (χ3n) is 3.52. The predicted molar refractivity (Wildman–Crippen MR) is 49.8 cm³/mol. The van der Waals surface area contributed by atoms with Crippen molar-refractivity contribution in [2.45, 2.75) is 37.9 Å². The Labute approximate surface area is 74.7 Å². The maximum atomic E-state index is 3.57. The van der Waals surface area contributed by atoms with Crippen LogP contribution >= 0.6 is 0 Å². The quantitative estimate of drug-likeness (QED) is 0.562. The topological polar surface area (TPSA) is 18.5 Å². The van der Waals surface area contributed by atoms with Crippen molar-refractivity contribution < 1.29 is 0 Å². The molecule has 2 rings (SSSR count). The number of likely N-dealkylation sites (N-methyl/N-ethyl adjacent to an activating group) is 1. The number of hydrogen-bond donors (Lipinski definition) is 1. The SMILES string of the molecule is CC1CC2NCCC2N(C)N1C. The average molecular weight is 169 g/mol. The van der Waals surface area contributed by atoms with Gasteiger partial charge in [0, 0.05) is 32.2 Å². The standard InChI is InChI=1S/C9H19N3/c1-7-6-8-9(4-5-10-8)12(3)11(7)2/h7-10H,4-6H2,1-3H3. The molecule has 0 saturated carbocycles. The first kappa shape index (κ1) is 8.48. The van der Waals surface area contributed by atoms with E-state index in [0.717, 1.165) is 12.1 Å². The molecule has 2 saturated heterocycles. The van der Waals surface area contributed by atoms with E-state index in [9.17, 15) is 0 Å². The number of nitrogens with zero attached hydrogens (tertiary/aromatic N) is 2. The molecule has 0 aromatic heterocycles. The lowest BCUT2D eigenvalue weighted by molar-refractivity contribution is -0.0835. The van der Waals surface area contributed by atoms with Crippen LogP contribution in [0.3, 0.4) is 0 Å². The molecule has 3 heteroatoms. The lowest BCUT2D eigenvalue weighted by Crippen LogP contribution is -2.58. The van der Waals surface area contributed by atoms with Crippen LogP contribution < -0.4 is 5.32 Å². The van der Waals surface area contributed by atoms with E-state index in [1.54, 1.807) is 0 Å². The number of rotatable bonds is 0. The Balaban J connectivity index is 2.10. The Morgan fingerprint density at radius 3 is 2.75 bits per heavy atom. The van der Waals surface area contributed by atoms with Gasteiger partial charge in [0.1, 0.15) is 0 Å². The fourth-order valence-electron chi connectivity index (χ4n) is 2.51. The Morgan fingerprint density at radius 2 is 2.00 bits per heavy atom. The monoisotopic (exact) mass is 169 g/mol. The molecule has 3 unspecified atom stereocenters. The van der Waals surface area contributed by atoms with E-state index < -0.39 is 0 Å².